The third-order valence-electron chi connectivity index (χ3n) is 4.62. The van der Waals surface area contributed by atoms with Crippen molar-refractivity contribution in [3.63, 3.8) is 0 Å². The average molecular weight is 289 g/mol. The van der Waals surface area contributed by atoms with E-state index in [1.165, 1.54) is 6.42 Å². The van der Waals surface area contributed by atoms with Crippen LogP contribution >= 0.6 is 11.6 Å². The van der Waals surface area contributed by atoms with Gasteiger partial charge in [0, 0.05) is 25.2 Å². The van der Waals surface area contributed by atoms with Crippen LogP contribution in [0.15, 0.2) is 0 Å². The maximum absolute atomic E-state index is 6.68. The predicted octanol–water partition coefficient (Wildman–Crippen LogP) is 4.40. The lowest BCUT2D eigenvalue weighted by Crippen LogP contribution is -2.46. The van der Waals surface area contributed by atoms with E-state index in [-0.39, 0.29) is 5.60 Å². The maximum Gasteiger partial charge on any atom is 0.0729 e. The average Bonchev–Trinajstić information content (AvgIpc) is 2.36. The van der Waals surface area contributed by atoms with Gasteiger partial charge in [-0.15, -0.1) is 11.6 Å². The van der Waals surface area contributed by atoms with Gasteiger partial charge in [0.05, 0.1) is 5.60 Å². The minimum Gasteiger partial charge on any atom is -0.381 e. The van der Waals surface area contributed by atoms with E-state index < -0.39 is 0 Å². The zero-order valence-corrected chi connectivity index (χ0v) is 13.5. The largest absolute Gasteiger partial charge is 0.381 e. The van der Waals surface area contributed by atoms with Crippen molar-refractivity contribution in [2.45, 2.75) is 70.3 Å². The van der Waals surface area contributed by atoms with Crippen molar-refractivity contribution in [3.05, 3.63) is 0 Å². The van der Waals surface area contributed by atoms with Crippen molar-refractivity contribution < 1.29 is 9.47 Å². The standard InChI is InChI=1S/C16H29ClO2/c1-15(2,3)6-4-14(17)13-5-9-19-16(12-13)7-10-18-11-8-16/h13-14H,4-12H2,1-3H3. The van der Waals surface area contributed by atoms with Crippen LogP contribution in [0.3, 0.4) is 0 Å². The summed E-state index contributed by atoms with van der Waals surface area (Å²) in [6, 6.07) is 0. The molecule has 2 rings (SSSR count). The van der Waals surface area contributed by atoms with Crippen molar-refractivity contribution in [3.8, 4) is 0 Å². The third-order valence-corrected chi connectivity index (χ3v) is 5.19. The summed E-state index contributed by atoms with van der Waals surface area (Å²) in [6.07, 6.45) is 6.69. The second kappa shape index (κ2) is 6.32. The van der Waals surface area contributed by atoms with E-state index >= 15 is 0 Å². The molecule has 0 N–H and O–H groups in total. The van der Waals surface area contributed by atoms with Gasteiger partial charge in [0.25, 0.3) is 0 Å². The van der Waals surface area contributed by atoms with E-state index in [1.807, 2.05) is 0 Å². The van der Waals surface area contributed by atoms with E-state index in [4.69, 9.17) is 21.1 Å². The van der Waals surface area contributed by atoms with Crippen molar-refractivity contribution in [1.29, 1.82) is 0 Å². The highest BCUT2D eigenvalue weighted by molar-refractivity contribution is 6.20. The molecule has 0 radical (unpaired) electrons. The smallest absolute Gasteiger partial charge is 0.0729 e. The van der Waals surface area contributed by atoms with Crippen molar-refractivity contribution in [1.82, 2.24) is 0 Å². The zero-order chi connectivity index (χ0) is 13.9. The van der Waals surface area contributed by atoms with Crippen molar-refractivity contribution >= 4 is 11.6 Å². The van der Waals surface area contributed by atoms with Crippen LogP contribution in [0.4, 0.5) is 0 Å². The lowest BCUT2D eigenvalue weighted by molar-refractivity contribution is -0.147. The van der Waals surface area contributed by atoms with Gasteiger partial charge in [-0.1, -0.05) is 20.8 Å². The van der Waals surface area contributed by atoms with E-state index in [9.17, 15) is 0 Å². The fraction of sp³-hybridized carbons (Fsp3) is 1.00. The number of halogens is 1. The first-order valence-corrected chi connectivity index (χ1v) is 8.20. The number of hydrogen-bond acceptors (Lipinski definition) is 2. The second-order valence-electron chi connectivity index (χ2n) is 7.51. The van der Waals surface area contributed by atoms with Crippen LogP contribution in [0.2, 0.25) is 0 Å². The summed E-state index contributed by atoms with van der Waals surface area (Å²) >= 11 is 6.68. The van der Waals surface area contributed by atoms with Crippen LogP contribution in [0.1, 0.15) is 59.3 Å². The van der Waals surface area contributed by atoms with Crippen LogP contribution in [0, 0.1) is 11.3 Å². The summed E-state index contributed by atoms with van der Waals surface area (Å²) in [5.41, 5.74) is 0.463. The molecule has 2 atom stereocenters. The fourth-order valence-corrected chi connectivity index (χ4v) is 3.60. The highest BCUT2D eigenvalue weighted by Crippen LogP contribution is 2.40. The van der Waals surface area contributed by atoms with Crippen molar-refractivity contribution in [2.24, 2.45) is 11.3 Å². The second-order valence-corrected chi connectivity index (χ2v) is 8.07. The molecule has 0 aromatic carbocycles. The van der Waals surface area contributed by atoms with Crippen LogP contribution < -0.4 is 0 Å². The zero-order valence-electron chi connectivity index (χ0n) is 12.7. The Morgan fingerprint density at radius 1 is 1.21 bits per heavy atom. The Balaban J connectivity index is 1.86. The van der Waals surface area contributed by atoms with Gasteiger partial charge in [-0.3, -0.25) is 0 Å². The molecule has 19 heavy (non-hydrogen) atoms. The van der Waals surface area contributed by atoms with Crippen LogP contribution in [-0.2, 0) is 9.47 Å². The Morgan fingerprint density at radius 2 is 1.89 bits per heavy atom. The van der Waals surface area contributed by atoms with Gasteiger partial charge in [0.15, 0.2) is 0 Å². The molecule has 112 valence electrons. The molecule has 2 aliphatic heterocycles. The molecule has 2 nitrogen and oxygen atoms in total. The van der Waals surface area contributed by atoms with E-state index in [0.717, 1.165) is 51.9 Å². The molecule has 2 heterocycles. The van der Waals surface area contributed by atoms with Gasteiger partial charge >= 0.3 is 0 Å². The monoisotopic (exact) mass is 288 g/mol. The quantitative estimate of drug-likeness (QED) is 0.717. The molecule has 2 unspecified atom stereocenters. The molecule has 0 amide bonds. The van der Waals surface area contributed by atoms with Gasteiger partial charge in [-0.25, -0.2) is 0 Å². The van der Waals surface area contributed by atoms with Crippen LogP contribution in [0.25, 0.3) is 0 Å². The lowest BCUT2D eigenvalue weighted by atomic mass is 9.77. The molecule has 0 aromatic rings. The van der Waals surface area contributed by atoms with Crippen LogP contribution in [0.5, 0.6) is 0 Å². The van der Waals surface area contributed by atoms with Gasteiger partial charge in [0.1, 0.15) is 0 Å². The Hall–Kier alpha value is 0.210. The molecule has 2 aliphatic rings. The topological polar surface area (TPSA) is 18.5 Å². The molecular formula is C16H29ClO2. The molecule has 3 heteroatoms. The first-order valence-electron chi connectivity index (χ1n) is 7.76. The highest BCUT2D eigenvalue weighted by atomic mass is 35.5. The molecule has 0 saturated carbocycles. The molecule has 2 fully saturated rings. The number of alkyl halides is 1. The third kappa shape index (κ3) is 4.61. The lowest BCUT2D eigenvalue weighted by Gasteiger charge is -2.44. The summed E-state index contributed by atoms with van der Waals surface area (Å²) in [6.45, 7) is 9.45. The van der Waals surface area contributed by atoms with Gasteiger partial charge in [-0.05, 0) is 49.9 Å². The molecule has 0 bridgehead atoms. The molecule has 0 aliphatic carbocycles. The molecule has 0 aromatic heterocycles. The Bertz CT molecular complexity index is 273. The summed E-state index contributed by atoms with van der Waals surface area (Å²) < 4.78 is 11.6. The van der Waals surface area contributed by atoms with Gasteiger partial charge in [0.2, 0.25) is 0 Å². The summed E-state index contributed by atoms with van der Waals surface area (Å²) in [5.74, 6) is 0.621. The number of hydrogen-bond donors (Lipinski definition) is 0. The van der Waals surface area contributed by atoms with E-state index in [0.29, 0.717) is 16.7 Å². The van der Waals surface area contributed by atoms with Crippen LogP contribution in [-0.4, -0.2) is 30.8 Å². The Kier molecular flexibility index (Phi) is 5.19. The van der Waals surface area contributed by atoms with Crippen molar-refractivity contribution in [2.75, 3.05) is 19.8 Å². The minimum atomic E-state index is 0.0794. The van der Waals surface area contributed by atoms with Gasteiger partial charge < -0.3 is 9.47 Å². The number of rotatable bonds is 3. The summed E-state index contributed by atoms with van der Waals surface area (Å²) in [4.78, 5) is 0. The summed E-state index contributed by atoms with van der Waals surface area (Å²) in [5, 5.41) is 0.308. The summed E-state index contributed by atoms with van der Waals surface area (Å²) in [7, 11) is 0. The molecule has 1 spiro atoms. The predicted molar refractivity (Wildman–Crippen MR) is 79.8 cm³/mol. The van der Waals surface area contributed by atoms with E-state index in [2.05, 4.69) is 20.8 Å². The molecular weight excluding hydrogens is 260 g/mol. The Morgan fingerprint density at radius 3 is 2.53 bits per heavy atom. The van der Waals surface area contributed by atoms with Gasteiger partial charge in [-0.2, -0.15) is 0 Å². The number of ether oxygens (including phenoxy) is 2. The maximum atomic E-state index is 6.68. The molecule has 2 saturated heterocycles. The fourth-order valence-electron chi connectivity index (χ4n) is 3.27. The SMILES string of the molecule is CC(C)(C)CCC(Cl)C1CCOC2(CCOCC2)C1. The minimum absolute atomic E-state index is 0.0794. The Labute approximate surface area is 123 Å². The normalized spacial score (nSPS) is 29.4. The first-order chi connectivity index (χ1) is 8.90. The highest BCUT2D eigenvalue weighted by Gasteiger charge is 2.40. The van der Waals surface area contributed by atoms with E-state index in [1.54, 1.807) is 0 Å². The first kappa shape index (κ1) is 15.6.